The van der Waals surface area contributed by atoms with Gasteiger partial charge in [-0.25, -0.2) is 12.7 Å². The molecule has 0 spiro atoms. The molecule has 0 atom stereocenters. The number of benzene rings is 1. The van der Waals surface area contributed by atoms with E-state index in [2.05, 4.69) is 0 Å². The molecule has 1 aliphatic heterocycles. The molecule has 6 nitrogen and oxygen atoms in total. The lowest BCUT2D eigenvalue weighted by atomic mass is 10.0. The minimum Gasteiger partial charge on any atom is -0.469 e. The molecule has 128 valence electrons. The summed E-state index contributed by atoms with van der Waals surface area (Å²) in [6, 6.07) is 6.64. The normalized spacial score (nSPS) is 14.8. The summed E-state index contributed by atoms with van der Waals surface area (Å²) in [6.07, 6.45) is 3.15. The molecule has 0 aliphatic carbocycles. The van der Waals surface area contributed by atoms with Crippen LogP contribution in [0.2, 0.25) is 0 Å². The maximum absolute atomic E-state index is 12.8. The van der Waals surface area contributed by atoms with Gasteiger partial charge in [0.2, 0.25) is 10.0 Å². The van der Waals surface area contributed by atoms with Gasteiger partial charge in [0.05, 0.1) is 16.7 Å². The van der Waals surface area contributed by atoms with Crippen LogP contribution in [0.5, 0.6) is 0 Å². The summed E-state index contributed by atoms with van der Waals surface area (Å²) in [5, 5.41) is 0. The molecule has 0 fully saturated rings. The Hall–Kier alpha value is -2.12. The standard InChI is InChI=1S/C17H20N2O4S/c1-12-15(8-10-23-12)17(20)19-9-4-5-13-6-7-14(11-16(13)19)24(21,22)18(2)3/h6-8,10-11H,4-5,9H2,1-3H3. The Morgan fingerprint density at radius 2 is 2.00 bits per heavy atom. The van der Waals surface area contributed by atoms with E-state index in [0.717, 1.165) is 18.4 Å². The molecular formula is C17H20N2O4S. The van der Waals surface area contributed by atoms with Crippen molar-refractivity contribution >= 4 is 21.6 Å². The molecule has 2 aromatic rings. The molecule has 0 unspecified atom stereocenters. The number of nitrogens with zero attached hydrogens (tertiary/aromatic N) is 2. The number of sulfonamides is 1. The van der Waals surface area contributed by atoms with Gasteiger partial charge in [0.15, 0.2) is 0 Å². The molecule has 1 aliphatic rings. The van der Waals surface area contributed by atoms with Crippen LogP contribution in [0.1, 0.15) is 28.1 Å². The van der Waals surface area contributed by atoms with E-state index in [9.17, 15) is 13.2 Å². The number of hydrogen-bond donors (Lipinski definition) is 0. The molecule has 7 heteroatoms. The van der Waals surface area contributed by atoms with Gasteiger partial charge in [0, 0.05) is 26.3 Å². The fraction of sp³-hybridized carbons (Fsp3) is 0.353. The Morgan fingerprint density at radius 3 is 2.62 bits per heavy atom. The molecule has 1 aromatic heterocycles. The predicted octanol–water partition coefficient (Wildman–Crippen LogP) is 2.43. The van der Waals surface area contributed by atoms with Crippen LogP contribution in [-0.4, -0.2) is 39.3 Å². The van der Waals surface area contributed by atoms with Gasteiger partial charge in [0.25, 0.3) is 5.91 Å². The minimum absolute atomic E-state index is 0.165. The number of hydrogen-bond acceptors (Lipinski definition) is 4. The van der Waals surface area contributed by atoms with Crippen molar-refractivity contribution in [3.63, 3.8) is 0 Å². The summed E-state index contributed by atoms with van der Waals surface area (Å²) in [7, 11) is -0.559. The van der Waals surface area contributed by atoms with E-state index < -0.39 is 10.0 Å². The molecule has 3 rings (SSSR count). The second-order valence-electron chi connectivity index (χ2n) is 6.03. The van der Waals surface area contributed by atoms with Gasteiger partial charge in [-0.05, 0) is 43.5 Å². The van der Waals surface area contributed by atoms with Gasteiger partial charge >= 0.3 is 0 Å². The highest BCUT2D eigenvalue weighted by atomic mass is 32.2. The summed E-state index contributed by atoms with van der Waals surface area (Å²) < 4.78 is 31.2. The van der Waals surface area contributed by atoms with E-state index in [4.69, 9.17) is 4.42 Å². The Bertz CT molecular complexity index is 884. The molecule has 0 N–H and O–H groups in total. The van der Waals surface area contributed by atoms with Crippen LogP contribution in [0, 0.1) is 6.92 Å². The predicted molar refractivity (Wildman–Crippen MR) is 90.8 cm³/mol. The maximum Gasteiger partial charge on any atom is 0.261 e. The highest BCUT2D eigenvalue weighted by Gasteiger charge is 2.28. The fourth-order valence-electron chi connectivity index (χ4n) is 2.89. The second-order valence-corrected chi connectivity index (χ2v) is 8.18. The van der Waals surface area contributed by atoms with Crippen molar-refractivity contribution in [1.29, 1.82) is 0 Å². The molecule has 0 saturated carbocycles. The van der Waals surface area contributed by atoms with Crippen LogP contribution in [0.15, 0.2) is 39.8 Å². The maximum atomic E-state index is 12.8. The van der Waals surface area contributed by atoms with E-state index in [1.165, 1.54) is 24.7 Å². The number of fused-ring (bicyclic) bond motifs is 1. The van der Waals surface area contributed by atoms with Crippen LogP contribution in [0.25, 0.3) is 0 Å². The van der Waals surface area contributed by atoms with E-state index in [-0.39, 0.29) is 10.8 Å². The third-order valence-electron chi connectivity index (χ3n) is 4.29. The first-order chi connectivity index (χ1) is 11.3. The number of aryl methyl sites for hydroxylation is 2. The highest BCUT2D eigenvalue weighted by molar-refractivity contribution is 7.89. The average Bonchev–Trinajstić information content (AvgIpc) is 2.99. The van der Waals surface area contributed by atoms with Gasteiger partial charge in [0.1, 0.15) is 5.76 Å². The largest absolute Gasteiger partial charge is 0.469 e. The van der Waals surface area contributed by atoms with Crippen molar-refractivity contribution < 1.29 is 17.6 Å². The Balaban J connectivity index is 2.06. The second kappa shape index (κ2) is 6.07. The highest BCUT2D eigenvalue weighted by Crippen LogP contribution is 2.32. The Kier molecular flexibility index (Phi) is 4.23. The summed E-state index contributed by atoms with van der Waals surface area (Å²) in [6.45, 7) is 2.30. The number of furan rings is 1. The Morgan fingerprint density at radius 1 is 1.25 bits per heavy atom. The lowest BCUT2D eigenvalue weighted by Crippen LogP contribution is -2.36. The topological polar surface area (TPSA) is 70.8 Å². The zero-order valence-electron chi connectivity index (χ0n) is 13.9. The van der Waals surface area contributed by atoms with Crippen LogP contribution >= 0.6 is 0 Å². The molecule has 1 amide bonds. The summed E-state index contributed by atoms with van der Waals surface area (Å²) >= 11 is 0. The zero-order chi connectivity index (χ0) is 17.5. The third kappa shape index (κ3) is 2.74. The summed E-state index contributed by atoms with van der Waals surface area (Å²) in [5.74, 6) is 0.394. The molecular weight excluding hydrogens is 328 g/mol. The molecule has 0 radical (unpaired) electrons. The van der Waals surface area contributed by atoms with Crippen LogP contribution < -0.4 is 4.90 Å². The van der Waals surface area contributed by atoms with Gasteiger partial charge in [-0.15, -0.1) is 0 Å². The number of carbonyl (C=O) groups is 1. The fourth-order valence-corrected chi connectivity index (χ4v) is 3.81. The van der Waals surface area contributed by atoms with Gasteiger partial charge in [-0.3, -0.25) is 4.79 Å². The number of carbonyl (C=O) groups excluding carboxylic acids is 1. The first-order valence-corrected chi connectivity index (χ1v) is 9.18. The lowest BCUT2D eigenvalue weighted by molar-refractivity contribution is 0.0983. The Labute approximate surface area is 141 Å². The molecule has 2 heterocycles. The summed E-state index contributed by atoms with van der Waals surface area (Å²) in [5.41, 5.74) is 2.15. The van der Waals surface area contributed by atoms with E-state index in [0.29, 0.717) is 23.6 Å². The average molecular weight is 348 g/mol. The SMILES string of the molecule is Cc1occc1C(=O)N1CCCc2ccc(S(=O)(=O)N(C)C)cc21. The summed E-state index contributed by atoms with van der Waals surface area (Å²) in [4.78, 5) is 14.7. The molecule has 24 heavy (non-hydrogen) atoms. The molecule has 1 aromatic carbocycles. The lowest BCUT2D eigenvalue weighted by Gasteiger charge is -2.30. The molecule has 0 saturated heterocycles. The zero-order valence-corrected chi connectivity index (χ0v) is 14.8. The van der Waals surface area contributed by atoms with E-state index >= 15 is 0 Å². The van der Waals surface area contributed by atoms with Crippen LogP contribution in [-0.2, 0) is 16.4 Å². The van der Waals surface area contributed by atoms with Crippen LogP contribution in [0.4, 0.5) is 5.69 Å². The minimum atomic E-state index is -3.54. The number of rotatable bonds is 3. The van der Waals surface area contributed by atoms with Gasteiger partial charge in [-0.1, -0.05) is 6.07 Å². The van der Waals surface area contributed by atoms with Crippen molar-refractivity contribution in [2.24, 2.45) is 0 Å². The van der Waals surface area contributed by atoms with Crippen LogP contribution in [0.3, 0.4) is 0 Å². The van der Waals surface area contributed by atoms with E-state index in [1.54, 1.807) is 36.1 Å². The van der Waals surface area contributed by atoms with E-state index in [1.807, 2.05) is 0 Å². The first kappa shape index (κ1) is 16.7. The van der Waals surface area contributed by atoms with Gasteiger partial charge in [-0.2, -0.15) is 0 Å². The monoisotopic (exact) mass is 348 g/mol. The first-order valence-electron chi connectivity index (χ1n) is 7.74. The van der Waals surface area contributed by atoms with Gasteiger partial charge < -0.3 is 9.32 Å². The van der Waals surface area contributed by atoms with Crippen molar-refractivity contribution in [2.45, 2.75) is 24.7 Å². The smallest absolute Gasteiger partial charge is 0.261 e. The van der Waals surface area contributed by atoms with Crippen molar-refractivity contribution in [3.8, 4) is 0 Å². The molecule has 0 bridgehead atoms. The van der Waals surface area contributed by atoms with Crippen molar-refractivity contribution in [2.75, 3.05) is 25.5 Å². The van der Waals surface area contributed by atoms with Crippen molar-refractivity contribution in [1.82, 2.24) is 4.31 Å². The third-order valence-corrected chi connectivity index (χ3v) is 6.10. The number of anilines is 1. The van der Waals surface area contributed by atoms with Crippen molar-refractivity contribution in [3.05, 3.63) is 47.4 Å². The number of amides is 1. The quantitative estimate of drug-likeness (QED) is 0.854.